The first-order chi connectivity index (χ1) is 16.5. The zero-order valence-electron chi connectivity index (χ0n) is 19.1. The molecule has 0 saturated carbocycles. The third-order valence-electron chi connectivity index (χ3n) is 6.40. The van der Waals surface area contributed by atoms with Gasteiger partial charge in [-0.15, -0.1) is 0 Å². The number of halogens is 1. The topological polar surface area (TPSA) is 111 Å². The SMILES string of the molecule is COCC(C)c1nc(-c2ncn3c2c(=O)n(CCN2CCC(O)CC2)c2c(Cl)cccc23)no1. The number of rotatable bonds is 7. The molecule has 11 heteroatoms. The minimum atomic E-state index is -0.244. The number of imidazole rings is 1. The average Bonchev–Trinajstić information content (AvgIpc) is 3.48. The number of hydrogen-bond donors (Lipinski definition) is 1. The predicted molar refractivity (Wildman–Crippen MR) is 127 cm³/mol. The Labute approximate surface area is 200 Å². The van der Waals surface area contributed by atoms with Crippen molar-refractivity contribution < 1.29 is 14.4 Å². The highest BCUT2D eigenvalue weighted by Gasteiger charge is 2.24. The van der Waals surface area contributed by atoms with Gasteiger partial charge in [-0.05, 0) is 25.0 Å². The van der Waals surface area contributed by atoms with Gasteiger partial charge in [-0.25, -0.2) is 4.98 Å². The number of fused-ring (bicyclic) bond motifs is 3. The Morgan fingerprint density at radius 2 is 2.06 bits per heavy atom. The van der Waals surface area contributed by atoms with Crippen molar-refractivity contribution in [2.75, 3.05) is 33.4 Å². The number of piperidine rings is 1. The van der Waals surface area contributed by atoms with E-state index < -0.39 is 0 Å². The van der Waals surface area contributed by atoms with E-state index >= 15 is 0 Å². The fourth-order valence-electron chi connectivity index (χ4n) is 4.54. The first-order valence-corrected chi connectivity index (χ1v) is 11.8. The molecule has 4 heterocycles. The van der Waals surface area contributed by atoms with Gasteiger partial charge in [-0.2, -0.15) is 4.98 Å². The van der Waals surface area contributed by atoms with Crippen LogP contribution in [0.3, 0.4) is 0 Å². The van der Waals surface area contributed by atoms with Gasteiger partial charge >= 0.3 is 0 Å². The van der Waals surface area contributed by atoms with Gasteiger partial charge in [0.05, 0.1) is 34.7 Å². The van der Waals surface area contributed by atoms with Crippen molar-refractivity contribution in [2.45, 2.75) is 38.3 Å². The zero-order chi connectivity index (χ0) is 23.8. The van der Waals surface area contributed by atoms with Crippen LogP contribution in [0.5, 0.6) is 0 Å². The number of ether oxygens (including phenoxy) is 1. The van der Waals surface area contributed by atoms with Gasteiger partial charge in [-0.3, -0.25) is 9.20 Å². The molecule has 1 saturated heterocycles. The van der Waals surface area contributed by atoms with E-state index in [1.54, 1.807) is 28.5 Å². The van der Waals surface area contributed by atoms with Crippen molar-refractivity contribution in [1.82, 2.24) is 29.0 Å². The summed E-state index contributed by atoms with van der Waals surface area (Å²) in [5.74, 6) is 0.601. The van der Waals surface area contributed by atoms with Gasteiger partial charge in [0.15, 0.2) is 0 Å². The number of aliphatic hydroxyl groups is 1. The van der Waals surface area contributed by atoms with Crippen molar-refractivity contribution in [3.63, 3.8) is 0 Å². The van der Waals surface area contributed by atoms with E-state index in [1.165, 1.54) is 0 Å². The number of methoxy groups -OCH3 is 1. The summed E-state index contributed by atoms with van der Waals surface area (Å²) in [6, 6.07) is 5.54. The van der Waals surface area contributed by atoms with Crippen LogP contribution < -0.4 is 5.56 Å². The molecule has 1 aliphatic heterocycles. The number of likely N-dealkylation sites (tertiary alicyclic amines) is 1. The molecule has 10 nitrogen and oxygen atoms in total. The van der Waals surface area contributed by atoms with Crippen molar-refractivity contribution >= 4 is 28.2 Å². The van der Waals surface area contributed by atoms with E-state index in [-0.39, 0.29) is 23.4 Å². The van der Waals surface area contributed by atoms with Crippen LogP contribution in [0.4, 0.5) is 0 Å². The number of para-hydroxylation sites is 1. The van der Waals surface area contributed by atoms with Crippen LogP contribution in [0, 0.1) is 0 Å². The standard InChI is InChI=1S/C23H27ClN6O4/c1-14(12-33-2)22-26-21(27-34-22)18-20-23(32)29(11-10-28-8-6-15(31)7-9-28)19-16(24)4-3-5-17(19)30(20)13-25-18/h3-5,13-15,31H,6-12H2,1-2H3. The quantitative estimate of drug-likeness (QED) is 0.424. The highest BCUT2D eigenvalue weighted by Crippen LogP contribution is 2.27. The maximum Gasteiger partial charge on any atom is 0.277 e. The van der Waals surface area contributed by atoms with Crippen LogP contribution >= 0.6 is 11.6 Å². The molecule has 1 N–H and O–H groups in total. The summed E-state index contributed by atoms with van der Waals surface area (Å²) < 4.78 is 14.0. The van der Waals surface area contributed by atoms with E-state index in [2.05, 4.69) is 20.0 Å². The molecule has 1 aromatic carbocycles. The lowest BCUT2D eigenvalue weighted by Crippen LogP contribution is -2.39. The number of benzene rings is 1. The fourth-order valence-corrected chi connectivity index (χ4v) is 4.82. The third-order valence-corrected chi connectivity index (χ3v) is 6.70. The second-order valence-corrected chi connectivity index (χ2v) is 9.17. The normalized spacial score (nSPS) is 16.6. The molecule has 0 bridgehead atoms. The van der Waals surface area contributed by atoms with Gasteiger partial charge in [-0.1, -0.05) is 29.7 Å². The molecule has 1 unspecified atom stereocenters. The monoisotopic (exact) mass is 486 g/mol. The van der Waals surface area contributed by atoms with Crippen molar-refractivity contribution in [2.24, 2.45) is 0 Å². The molecule has 0 spiro atoms. The van der Waals surface area contributed by atoms with Gasteiger partial charge in [0.2, 0.25) is 11.7 Å². The number of aliphatic hydroxyl groups excluding tert-OH is 1. The fraction of sp³-hybridized carbons (Fsp3) is 0.478. The Balaban J connectivity index is 1.60. The van der Waals surface area contributed by atoms with Gasteiger partial charge in [0.1, 0.15) is 17.5 Å². The van der Waals surface area contributed by atoms with Crippen molar-refractivity contribution in [3.05, 3.63) is 45.8 Å². The molecule has 3 aromatic heterocycles. The number of nitrogens with zero attached hydrogens (tertiary/aromatic N) is 6. The highest BCUT2D eigenvalue weighted by molar-refractivity contribution is 6.35. The Morgan fingerprint density at radius 3 is 2.82 bits per heavy atom. The minimum absolute atomic E-state index is 0.0838. The van der Waals surface area contributed by atoms with Crippen LogP contribution in [0.2, 0.25) is 5.02 Å². The second kappa shape index (κ2) is 9.46. The molecule has 4 aromatic rings. The third kappa shape index (κ3) is 4.11. The molecule has 1 atom stereocenters. The molecule has 1 fully saturated rings. The Hall–Kier alpha value is -2.79. The van der Waals surface area contributed by atoms with Gasteiger partial charge < -0.3 is 23.8 Å². The van der Waals surface area contributed by atoms with Crippen LogP contribution in [-0.4, -0.2) is 73.6 Å². The molecule has 0 amide bonds. The predicted octanol–water partition coefficient (Wildman–Crippen LogP) is 2.56. The number of hydrogen-bond acceptors (Lipinski definition) is 8. The van der Waals surface area contributed by atoms with E-state index in [1.807, 2.05) is 19.1 Å². The molecule has 34 heavy (non-hydrogen) atoms. The van der Waals surface area contributed by atoms with Crippen LogP contribution in [0.1, 0.15) is 31.6 Å². The average molecular weight is 487 g/mol. The summed E-state index contributed by atoms with van der Waals surface area (Å²) in [7, 11) is 1.61. The van der Waals surface area contributed by atoms with Gasteiger partial charge in [0.25, 0.3) is 5.56 Å². The molecule has 0 radical (unpaired) electrons. The summed E-state index contributed by atoms with van der Waals surface area (Å²) in [5.41, 5.74) is 1.94. The molecular weight excluding hydrogens is 460 g/mol. The Kier molecular flexibility index (Phi) is 6.39. The van der Waals surface area contributed by atoms with E-state index in [9.17, 15) is 9.90 Å². The van der Waals surface area contributed by atoms with Crippen molar-refractivity contribution in [1.29, 1.82) is 0 Å². The second-order valence-electron chi connectivity index (χ2n) is 8.76. The molecule has 0 aliphatic carbocycles. The van der Waals surface area contributed by atoms with Crippen LogP contribution in [-0.2, 0) is 11.3 Å². The molecule has 1 aliphatic rings. The Bertz CT molecular complexity index is 1370. The highest BCUT2D eigenvalue weighted by atomic mass is 35.5. The maximum absolute atomic E-state index is 13.8. The van der Waals surface area contributed by atoms with E-state index in [0.29, 0.717) is 47.3 Å². The lowest BCUT2D eigenvalue weighted by molar-refractivity contribution is 0.0810. The van der Waals surface area contributed by atoms with Gasteiger partial charge in [0, 0.05) is 33.3 Å². The first-order valence-electron chi connectivity index (χ1n) is 11.4. The van der Waals surface area contributed by atoms with E-state index in [4.69, 9.17) is 20.9 Å². The summed E-state index contributed by atoms with van der Waals surface area (Å²) in [5, 5.41) is 14.4. The molecule has 5 rings (SSSR count). The van der Waals surface area contributed by atoms with Crippen molar-refractivity contribution in [3.8, 4) is 11.5 Å². The lowest BCUT2D eigenvalue weighted by Gasteiger charge is -2.29. The Morgan fingerprint density at radius 1 is 1.26 bits per heavy atom. The summed E-state index contributed by atoms with van der Waals surface area (Å²) in [6.45, 7) is 5.09. The molecule has 180 valence electrons. The lowest BCUT2D eigenvalue weighted by atomic mass is 10.1. The summed E-state index contributed by atoms with van der Waals surface area (Å²) in [4.78, 5) is 25.0. The summed E-state index contributed by atoms with van der Waals surface area (Å²) >= 11 is 6.58. The zero-order valence-corrected chi connectivity index (χ0v) is 19.9. The maximum atomic E-state index is 13.8. The number of aromatic nitrogens is 5. The van der Waals surface area contributed by atoms with E-state index in [0.717, 1.165) is 31.4 Å². The summed E-state index contributed by atoms with van der Waals surface area (Å²) in [6.07, 6.45) is 2.83. The first kappa shape index (κ1) is 23.0. The molecular formula is C23H27ClN6O4. The van der Waals surface area contributed by atoms with Crippen LogP contribution in [0.25, 0.3) is 28.1 Å². The largest absolute Gasteiger partial charge is 0.393 e. The van der Waals surface area contributed by atoms with Crippen LogP contribution in [0.15, 0.2) is 33.8 Å². The minimum Gasteiger partial charge on any atom is -0.393 e. The smallest absolute Gasteiger partial charge is 0.277 e.